The lowest BCUT2D eigenvalue weighted by Crippen LogP contribution is -2.53. The van der Waals surface area contributed by atoms with Crippen molar-refractivity contribution in [1.29, 1.82) is 0 Å². The molecule has 3 rings (SSSR count). The molecule has 3 fully saturated rings. The predicted molar refractivity (Wildman–Crippen MR) is 60.0 cm³/mol. The van der Waals surface area contributed by atoms with E-state index in [2.05, 4.69) is 0 Å². The molecule has 0 N–H and O–H groups in total. The van der Waals surface area contributed by atoms with Gasteiger partial charge in [0.25, 0.3) is 0 Å². The fourth-order valence-electron chi connectivity index (χ4n) is 3.28. The van der Waals surface area contributed by atoms with Crippen molar-refractivity contribution in [3.63, 3.8) is 0 Å². The third-order valence-corrected chi connectivity index (χ3v) is 4.12. The van der Waals surface area contributed by atoms with Crippen molar-refractivity contribution in [1.82, 2.24) is 0 Å². The Kier molecular flexibility index (Phi) is 2.94. The minimum atomic E-state index is -0.298. The molecule has 0 aromatic heterocycles. The molecule has 0 radical (unpaired) electrons. The lowest BCUT2D eigenvalue weighted by Gasteiger charge is -2.50. The molecule has 3 aliphatic heterocycles. The van der Waals surface area contributed by atoms with Crippen molar-refractivity contribution in [3.05, 3.63) is 0 Å². The van der Waals surface area contributed by atoms with Gasteiger partial charge in [0.05, 0.1) is 13.2 Å². The highest BCUT2D eigenvalue weighted by Gasteiger charge is 2.48. The van der Waals surface area contributed by atoms with Crippen LogP contribution in [0.15, 0.2) is 0 Å². The van der Waals surface area contributed by atoms with E-state index in [4.69, 9.17) is 14.2 Å². The van der Waals surface area contributed by atoms with Crippen LogP contribution in [-0.4, -0.2) is 24.8 Å². The van der Waals surface area contributed by atoms with Crippen molar-refractivity contribution in [2.24, 2.45) is 0 Å². The second-order valence-electron chi connectivity index (χ2n) is 5.39. The summed E-state index contributed by atoms with van der Waals surface area (Å²) in [6, 6.07) is 0. The molecule has 0 aliphatic carbocycles. The van der Waals surface area contributed by atoms with Gasteiger partial charge in [-0.3, -0.25) is 0 Å². The van der Waals surface area contributed by atoms with Crippen molar-refractivity contribution in [2.45, 2.75) is 69.4 Å². The summed E-state index contributed by atoms with van der Waals surface area (Å²) in [6.45, 7) is 1.71. The van der Waals surface area contributed by atoms with E-state index in [1.54, 1.807) is 0 Å². The first kappa shape index (κ1) is 11.0. The maximum absolute atomic E-state index is 6.30. The van der Waals surface area contributed by atoms with Gasteiger partial charge in [-0.25, -0.2) is 0 Å². The maximum Gasteiger partial charge on any atom is 0.171 e. The van der Waals surface area contributed by atoms with E-state index in [0.29, 0.717) is 0 Å². The molecule has 0 aromatic rings. The molecular formula is C13H22O3. The Morgan fingerprint density at radius 1 is 0.562 bits per heavy atom. The average Bonchev–Trinajstić information content (AvgIpc) is 2.31. The number of hydrogen-bond acceptors (Lipinski definition) is 3. The molecule has 3 heterocycles. The van der Waals surface area contributed by atoms with E-state index in [1.807, 2.05) is 0 Å². The molecular weight excluding hydrogens is 204 g/mol. The Hall–Kier alpha value is -0.120. The van der Waals surface area contributed by atoms with E-state index < -0.39 is 0 Å². The quantitative estimate of drug-likeness (QED) is 0.635. The third-order valence-electron chi connectivity index (χ3n) is 4.12. The van der Waals surface area contributed by atoms with E-state index in [0.717, 1.165) is 38.9 Å². The molecule has 16 heavy (non-hydrogen) atoms. The Bertz CT molecular complexity index is 205. The summed E-state index contributed by atoms with van der Waals surface area (Å²) in [5.74, 6) is -0.596. The first-order valence-electron chi connectivity index (χ1n) is 6.81. The van der Waals surface area contributed by atoms with E-state index >= 15 is 0 Å². The lowest BCUT2D eigenvalue weighted by atomic mass is 9.90. The third kappa shape index (κ3) is 2.01. The van der Waals surface area contributed by atoms with Crippen molar-refractivity contribution in [2.75, 3.05) is 13.2 Å². The molecule has 2 spiro atoms. The van der Waals surface area contributed by atoms with Crippen molar-refractivity contribution >= 4 is 0 Å². The monoisotopic (exact) mass is 226 g/mol. The minimum absolute atomic E-state index is 0.298. The molecule has 0 unspecified atom stereocenters. The average molecular weight is 226 g/mol. The zero-order valence-electron chi connectivity index (χ0n) is 10.0. The summed E-state index contributed by atoms with van der Waals surface area (Å²) in [5.41, 5.74) is 0. The van der Waals surface area contributed by atoms with Crippen LogP contribution in [0.25, 0.3) is 0 Å². The van der Waals surface area contributed by atoms with E-state index in [-0.39, 0.29) is 11.6 Å². The Morgan fingerprint density at radius 2 is 1.06 bits per heavy atom. The van der Waals surface area contributed by atoms with Gasteiger partial charge in [-0.05, 0) is 32.1 Å². The maximum atomic E-state index is 6.30. The van der Waals surface area contributed by atoms with Crippen LogP contribution in [-0.2, 0) is 14.2 Å². The first-order valence-corrected chi connectivity index (χ1v) is 6.81. The zero-order chi connectivity index (χ0) is 10.9. The second-order valence-corrected chi connectivity index (χ2v) is 5.39. The molecule has 2 atom stereocenters. The molecule has 3 saturated heterocycles. The van der Waals surface area contributed by atoms with E-state index in [9.17, 15) is 0 Å². The van der Waals surface area contributed by atoms with Gasteiger partial charge in [-0.2, -0.15) is 0 Å². The summed E-state index contributed by atoms with van der Waals surface area (Å²) in [4.78, 5) is 0. The number of ether oxygens (including phenoxy) is 3. The van der Waals surface area contributed by atoms with Crippen LogP contribution in [0.4, 0.5) is 0 Å². The summed E-state index contributed by atoms with van der Waals surface area (Å²) < 4.78 is 18.2. The highest BCUT2D eigenvalue weighted by molar-refractivity contribution is 4.86. The van der Waals surface area contributed by atoms with Crippen molar-refractivity contribution < 1.29 is 14.2 Å². The van der Waals surface area contributed by atoms with Crippen LogP contribution in [0, 0.1) is 0 Å². The molecule has 0 bridgehead atoms. The molecule has 0 amide bonds. The molecule has 92 valence electrons. The van der Waals surface area contributed by atoms with Crippen LogP contribution in [0.5, 0.6) is 0 Å². The summed E-state index contributed by atoms with van der Waals surface area (Å²) in [6.07, 6.45) is 10.2. The zero-order valence-corrected chi connectivity index (χ0v) is 10.0. The van der Waals surface area contributed by atoms with Crippen LogP contribution < -0.4 is 0 Å². The standard InChI is InChI=1S/C13H22O3/c1-3-10-14-12(6-1)8-5-9-13(16-12)7-2-4-11-15-13/h1-11H2/t12-,13+. The summed E-state index contributed by atoms with van der Waals surface area (Å²) >= 11 is 0. The normalized spacial score (nSPS) is 45.0. The highest BCUT2D eigenvalue weighted by Crippen LogP contribution is 2.45. The number of hydrogen-bond donors (Lipinski definition) is 0. The SMILES string of the molecule is C1CC[C@]2(CCC[C@@]3(CCCCO3)O2)OC1. The molecule has 3 nitrogen and oxygen atoms in total. The van der Waals surface area contributed by atoms with Gasteiger partial charge in [-0.1, -0.05) is 0 Å². The van der Waals surface area contributed by atoms with Crippen LogP contribution in [0.3, 0.4) is 0 Å². The van der Waals surface area contributed by atoms with Gasteiger partial charge in [0.1, 0.15) is 0 Å². The Balaban J connectivity index is 1.72. The number of rotatable bonds is 0. The van der Waals surface area contributed by atoms with Crippen LogP contribution in [0.2, 0.25) is 0 Å². The van der Waals surface area contributed by atoms with Gasteiger partial charge in [0.2, 0.25) is 0 Å². The summed E-state index contributed by atoms with van der Waals surface area (Å²) in [7, 11) is 0. The fraction of sp³-hybridized carbons (Fsp3) is 1.00. The van der Waals surface area contributed by atoms with Crippen molar-refractivity contribution in [3.8, 4) is 0 Å². The van der Waals surface area contributed by atoms with Gasteiger partial charge in [0.15, 0.2) is 11.6 Å². The fourth-order valence-corrected chi connectivity index (χ4v) is 3.28. The predicted octanol–water partition coefficient (Wildman–Crippen LogP) is 2.98. The van der Waals surface area contributed by atoms with E-state index in [1.165, 1.54) is 32.1 Å². The largest absolute Gasteiger partial charge is 0.350 e. The minimum Gasteiger partial charge on any atom is -0.350 e. The van der Waals surface area contributed by atoms with Gasteiger partial charge in [0, 0.05) is 25.7 Å². The highest BCUT2D eigenvalue weighted by atomic mass is 16.8. The van der Waals surface area contributed by atoms with Crippen LogP contribution >= 0.6 is 0 Å². The Morgan fingerprint density at radius 3 is 1.50 bits per heavy atom. The Labute approximate surface area is 97.4 Å². The van der Waals surface area contributed by atoms with Gasteiger partial charge < -0.3 is 14.2 Å². The molecule has 0 aromatic carbocycles. The molecule has 3 aliphatic rings. The second kappa shape index (κ2) is 4.28. The first-order chi connectivity index (χ1) is 7.83. The summed E-state index contributed by atoms with van der Waals surface area (Å²) in [5, 5.41) is 0. The molecule has 3 heteroatoms. The van der Waals surface area contributed by atoms with Crippen LogP contribution in [0.1, 0.15) is 57.8 Å². The van der Waals surface area contributed by atoms with Gasteiger partial charge in [-0.15, -0.1) is 0 Å². The smallest absolute Gasteiger partial charge is 0.171 e. The topological polar surface area (TPSA) is 27.7 Å². The lowest BCUT2D eigenvalue weighted by molar-refractivity contribution is -0.396. The van der Waals surface area contributed by atoms with Gasteiger partial charge >= 0.3 is 0 Å². The molecule has 0 saturated carbocycles.